The number of rotatable bonds is 5. The molecule has 2 N–H and O–H groups in total. The van der Waals surface area contributed by atoms with Crippen LogP contribution in [0.2, 0.25) is 0 Å². The highest BCUT2D eigenvalue weighted by molar-refractivity contribution is 6.21. The molecule has 2 aromatic carbocycles. The fraction of sp³-hybridized carbons (Fsp3) is 0.0526. The van der Waals surface area contributed by atoms with Crippen LogP contribution >= 0.6 is 0 Å². The van der Waals surface area contributed by atoms with Crippen LogP contribution in [0.25, 0.3) is 5.69 Å². The van der Waals surface area contributed by atoms with Gasteiger partial charge in [0.15, 0.2) is 0 Å². The third-order valence-corrected chi connectivity index (χ3v) is 4.46. The number of hydrogen-bond donors (Lipinski definition) is 2. The van der Waals surface area contributed by atoms with Gasteiger partial charge in [0.05, 0.1) is 40.7 Å². The quantitative estimate of drug-likeness (QED) is 0.621. The summed E-state index contributed by atoms with van der Waals surface area (Å²) in [5.74, 6) is -3.41. The lowest BCUT2D eigenvalue weighted by atomic mass is 10.1. The van der Waals surface area contributed by atoms with E-state index in [1.54, 1.807) is 24.3 Å². The van der Waals surface area contributed by atoms with Gasteiger partial charge in [0.2, 0.25) is 0 Å². The highest BCUT2D eigenvalue weighted by Gasteiger charge is 2.35. The maximum absolute atomic E-state index is 12.5. The number of imide groups is 1. The van der Waals surface area contributed by atoms with E-state index < -0.39 is 23.8 Å². The summed E-state index contributed by atoms with van der Waals surface area (Å²) in [5.41, 5.74) is 0.532. The fourth-order valence-electron chi connectivity index (χ4n) is 3.07. The summed E-state index contributed by atoms with van der Waals surface area (Å²) in [5, 5.41) is 26.2. The van der Waals surface area contributed by atoms with E-state index in [0.29, 0.717) is 11.1 Å². The molecule has 4 rings (SSSR count). The van der Waals surface area contributed by atoms with Crippen molar-refractivity contribution in [1.82, 2.24) is 19.9 Å². The zero-order valence-electron chi connectivity index (χ0n) is 14.6. The molecular weight excluding hydrogens is 380 g/mol. The maximum Gasteiger partial charge on any atom is 0.337 e. The Bertz CT molecular complexity index is 1160. The highest BCUT2D eigenvalue weighted by atomic mass is 16.4. The Labute approximate surface area is 162 Å². The Morgan fingerprint density at radius 2 is 1.59 bits per heavy atom. The predicted molar refractivity (Wildman–Crippen MR) is 95.9 cm³/mol. The lowest BCUT2D eigenvalue weighted by molar-refractivity contribution is 0.0636. The standard InChI is InChI=1S/C19H12N4O6/c24-16-12-3-1-2-4-13(12)17(25)22(16)8-11-9-23(21-20-11)15-7-10(18(26)27)5-6-14(15)19(28)29/h1-7,9H,8H2,(H,26,27)(H,28,29). The van der Waals surface area contributed by atoms with Crippen molar-refractivity contribution in [2.24, 2.45) is 0 Å². The summed E-state index contributed by atoms with van der Waals surface area (Å²) in [6.45, 7) is -0.159. The molecule has 1 aromatic heterocycles. The van der Waals surface area contributed by atoms with Gasteiger partial charge in [-0.15, -0.1) is 5.10 Å². The van der Waals surface area contributed by atoms with Crippen LogP contribution < -0.4 is 0 Å². The zero-order valence-corrected chi connectivity index (χ0v) is 14.6. The van der Waals surface area contributed by atoms with Gasteiger partial charge in [-0.05, 0) is 30.3 Å². The highest BCUT2D eigenvalue weighted by Crippen LogP contribution is 2.24. The Morgan fingerprint density at radius 3 is 2.17 bits per heavy atom. The SMILES string of the molecule is O=C(O)c1ccc(C(=O)O)c(-n2cc(CN3C(=O)c4ccccc4C3=O)nn2)c1. The van der Waals surface area contributed by atoms with Crippen molar-refractivity contribution >= 4 is 23.8 Å². The first-order chi connectivity index (χ1) is 13.9. The average molecular weight is 392 g/mol. The second-order valence-electron chi connectivity index (χ2n) is 6.24. The van der Waals surface area contributed by atoms with Gasteiger partial charge in [-0.2, -0.15) is 0 Å². The number of carboxylic acids is 2. The summed E-state index contributed by atoms with van der Waals surface area (Å²) in [4.78, 5) is 48.6. The fourth-order valence-corrected chi connectivity index (χ4v) is 3.07. The van der Waals surface area contributed by atoms with Crippen molar-refractivity contribution < 1.29 is 29.4 Å². The largest absolute Gasteiger partial charge is 0.478 e. The third-order valence-electron chi connectivity index (χ3n) is 4.46. The van der Waals surface area contributed by atoms with Gasteiger partial charge in [0.1, 0.15) is 5.69 Å². The van der Waals surface area contributed by atoms with Crippen LogP contribution in [0.5, 0.6) is 0 Å². The first-order valence-corrected chi connectivity index (χ1v) is 8.34. The van der Waals surface area contributed by atoms with E-state index in [4.69, 9.17) is 5.11 Å². The van der Waals surface area contributed by atoms with Crippen LogP contribution in [0.4, 0.5) is 0 Å². The summed E-state index contributed by atoms with van der Waals surface area (Å²) in [7, 11) is 0. The Morgan fingerprint density at radius 1 is 0.931 bits per heavy atom. The zero-order chi connectivity index (χ0) is 20.7. The number of hydrogen-bond acceptors (Lipinski definition) is 6. The number of carboxylic acid groups (broad SMARTS) is 2. The van der Waals surface area contributed by atoms with Gasteiger partial charge in [0, 0.05) is 0 Å². The minimum atomic E-state index is -1.27. The van der Waals surface area contributed by atoms with E-state index in [9.17, 15) is 24.3 Å². The molecule has 0 spiro atoms. The number of amides is 2. The molecule has 0 bridgehead atoms. The first kappa shape index (κ1) is 18.0. The van der Waals surface area contributed by atoms with Gasteiger partial charge in [-0.25, -0.2) is 14.3 Å². The number of nitrogens with zero attached hydrogens (tertiary/aromatic N) is 4. The summed E-state index contributed by atoms with van der Waals surface area (Å²) in [6, 6.07) is 9.93. The van der Waals surface area contributed by atoms with Crippen LogP contribution in [-0.4, -0.2) is 53.9 Å². The molecule has 0 saturated heterocycles. The number of aromatic nitrogens is 3. The number of carbonyl (C=O) groups excluding carboxylic acids is 2. The van der Waals surface area contributed by atoms with E-state index >= 15 is 0 Å². The van der Waals surface area contributed by atoms with Gasteiger partial charge in [0.25, 0.3) is 11.8 Å². The second-order valence-corrected chi connectivity index (χ2v) is 6.24. The minimum absolute atomic E-state index is 0.00138. The van der Waals surface area contributed by atoms with Crippen molar-refractivity contribution in [3.63, 3.8) is 0 Å². The number of aromatic carboxylic acids is 2. The molecule has 0 atom stereocenters. The minimum Gasteiger partial charge on any atom is -0.478 e. The molecule has 0 aliphatic carbocycles. The second kappa shape index (κ2) is 6.68. The molecule has 1 aliphatic rings. The van der Waals surface area contributed by atoms with E-state index in [-0.39, 0.29) is 29.1 Å². The molecule has 3 aromatic rings. The monoisotopic (exact) mass is 392 g/mol. The molecule has 0 unspecified atom stereocenters. The van der Waals surface area contributed by atoms with E-state index in [1.165, 1.54) is 12.3 Å². The summed E-state index contributed by atoms with van der Waals surface area (Å²) in [6.07, 6.45) is 1.34. The number of carbonyl (C=O) groups is 4. The predicted octanol–water partition coefficient (Wildman–Crippen LogP) is 1.46. The Hall–Kier alpha value is -4.34. The van der Waals surface area contributed by atoms with E-state index in [0.717, 1.165) is 21.7 Å². The summed E-state index contributed by atoms with van der Waals surface area (Å²) >= 11 is 0. The molecule has 1 aliphatic heterocycles. The van der Waals surface area contributed by atoms with E-state index in [2.05, 4.69) is 10.3 Å². The van der Waals surface area contributed by atoms with Crippen LogP contribution in [0, 0.1) is 0 Å². The lowest BCUT2D eigenvalue weighted by Crippen LogP contribution is -2.29. The van der Waals surface area contributed by atoms with Gasteiger partial charge in [-0.1, -0.05) is 17.3 Å². The average Bonchev–Trinajstić information content (AvgIpc) is 3.27. The van der Waals surface area contributed by atoms with Crippen molar-refractivity contribution in [2.75, 3.05) is 0 Å². The molecule has 2 amide bonds. The Kier molecular flexibility index (Phi) is 4.15. The maximum atomic E-state index is 12.5. The molecule has 144 valence electrons. The smallest absolute Gasteiger partial charge is 0.337 e. The van der Waals surface area contributed by atoms with Crippen molar-refractivity contribution in [3.8, 4) is 5.69 Å². The third kappa shape index (κ3) is 3.02. The molecule has 10 nitrogen and oxygen atoms in total. The molecule has 0 fully saturated rings. The topological polar surface area (TPSA) is 143 Å². The van der Waals surface area contributed by atoms with Crippen molar-refractivity contribution in [2.45, 2.75) is 6.54 Å². The van der Waals surface area contributed by atoms with Crippen LogP contribution in [0.3, 0.4) is 0 Å². The molecule has 0 saturated carbocycles. The van der Waals surface area contributed by atoms with Crippen LogP contribution in [0.1, 0.15) is 47.1 Å². The molecule has 0 radical (unpaired) electrons. The van der Waals surface area contributed by atoms with Crippen LogP contribution in [0.15, 0.2) is 48.7 Å². The summed E-state index contributed by atoms with van der Waals surface area (Å²) < 4.78 is 1.10. The normalized spacial score (nSPS) is 12.9. The van der Waals surface area contributed by atoms with Gasteiger partial charge in [-0.3, -0.25) is 14.5 Å². The first-order valence-electron chi connectivity index (χ1n) is 8.34. The molecule has 10 heteroatoms. The van der Waals surface area contributed by atoms with E-state index in [1.807, 2.05) is 0 Å². The number of fused-ring (bicyclic) bond motifs is 1. The molecular formula is C19H12N4O6. The molecule has 2 heterocycles. The van der Waals surface area contributed by atoms with Crippen LogP contribution in [-0.2, 0) is 6.54 Å². The lowest BCUT2D eigenvalue weighted by Gasteiger charge is -2.11. The van der Waals surface area contributed by atoms with Crippen molar-refractivity contribution in [3.05, 3.63) is 76.6 Å². The molecule has 29 heavy (non-hydrogen) atoms. The number of benzene rings is 2. The van der Waals surface area contributed by atoms with Crippen molar-refractivity contribution in [1.29, 1.82) is 0 Å². The van der Waals surface area contributed by atoms with Gasteiger partial charge >= 0.3 is 11.9 Å². The van der Waals surface area contributed by atoms with Gasteiger partial charge < -0.3 is 10.2 Å². The Balaban J connectivity index is 1.66.